The first-order valence-corrected chi connectivity index (χ1v) is 6.17. The summed E-state index contributed by atoms with van der Waals surface area (Å²) in [5, 5.41) is 0. The molecule has 4 heteroatoms. The number of benzene rings is 1. The molecule has 100 valence electrons. The number of hydrogen-bond donors (Lipinski definition) is 1. The van der Waals surface area contributed by atoms with E-state index in [0.29, 0.717) is 18.7 Å². The standard InChI is InChI=1S/C15H17FN2O/c1-19-15-5-4-13(16)8-14(15)12(9-17)7-11-3-2-6-18-10-11/h2-6,8,10,12H,7,9,17H2,1H3. The summed E-state index contributed by atoms with van der Waals surface area (Å²) in [6.45, 7) is 0.425. The molecule has 0 fully saturated rings. The van der Waals surface area contributed by atoms with E-state index < -0.39 is 0 Å². The van der Waals surface area contributed by atoms with Crippen LogP contribution in [0, 0.1) is 5.82 Å². The van der Waals surface area contributed by atoms with Gasteiger partial charge in [-0.05, 0) is 42.8 Å². The van der Waals surface area contributed by atoms with E-state index in [0.717, 1.165) is 11.1 Å². The predicted octanol–water partition coefficient (Wildman–Crippen LogP) is 2.51. The van der Waals surface area contributed by atoms with Crippen LogP contribution in [0.4, 0.5) is 4.39 Å². The van der Waals surface area contributed by atoms with Crippen molar-refractivity contribution < 1.29 is 9.13 Å². The molecule has 1 atom stereocenters. The van der Waals surface area contributed by atoms with Crippen molar-refractivity contribution in [2.24, 2.45) is 5.73 Å². The second-order valence-corrected chi connectivity index (χ2v) is 4.38. The first-order valence-electron chi connectivity index (χ1n) is 6.17. The molecule has 0 bridgehead atoms. The Balaban J connectivity index is 2.29. The van der Waals surface area contributed by atoms with Crippen molar-refractivity contribution >= 4 is 0 Å². The maximum absolute atomic E-state index is 13.4. The lowest BCUT2D eigenvalue weighted by Gasteiger charge is -2.18. The number of aromatic nitrogens is 1. The van der Waals surface area contributed by atoms with Gasteiger partial charge in [0.05, 0.1) is 7.11 Å². The van der Waals surface area contributed by atoms with Crippen LogP contribution in [-0.4, -0.2) is 18.6 Å². The minimum Gasteiger partial charge on any atom is -0.496 e. The number of nitrogens with two attached hydrogens (primary N) is 1. The van der Waals surface area contributed by atoms with E-state index in [1.54, 1.807) is 25.6 Å². The van der Waals surface area contributed by atoms with Crippen molar-refractivity contribution in [3.05, 3.63) is 59.7 Å². The fourth-order valence-electron chi connectivity index (χ4n) is 2.15. The smallest absolute Gasteiger partial charge is 0.123 e. The zero-order valence-corrected chi connectivity index (χ0v) is 10.8. The Morgan fingerprint density at radius 2 is 2.21 bits per heavy atom. The average Bonchev–Trinajstić information content (AvgIpc) is 2.46. The zero-order valence-electron chi connectivity index (χ0n) is 10.8. The van der Waals surface area contributed by atoms with Crippen molar-refractivity contribution in [2.45, 2.75) is 12.3 Å². The lowest BCUT2D eigenvalue weighted by molar-refractivity contribution is 0.403. The van der Waals surface area contributed by atoms with Crippen LogP contribution in [-0.2, 0) is 6.42 Å². The van der Waals surface area contributed by atoms with Crippen LogP contribution in [0.5, 0.6) is 5.75 Å². The van der Waals surface area contributed by atoms with Gasteiger partial charge in [0.1, 0.15) is 11.6 Å². The van der Waals surface area contributed by atoms with E-state index in [4.69, 9.17) is 10.5 Å². The van der Waals surface area contributed by atoms with Crippen LogP contribution in [0.3, 0.4) is 0 Å². The van der Waals surface area contributed by atoms with E-state index in [1.807, 2.05) is 12.1 Å². The predicted molar refractivity (Wildman–Crippen MR) is 72.7 cm³/mol. The summed E-state index contributed by atoms with van der Waals surface area (Å²) in [6, 6.07) is 8.39. The Morgan fingerprint density at radius 3 is 2.84 bits per heavy atom. The van der Waals surface area contributed by atoms with Crippen molar-refractivity contribution in [1.82, 2.24) is 4.98 Å². The summed E-state index contributed by atoms with van der Waals surface area (Å²) < 4.78 is 18.7. The molecular formula is C15H17FN2O. The minimum absolute atomic E-state index is 0.00912. The van der Waals surface area contributed by atoms with Crippen LogP contribution >= 0.6 is 0 Å². The molecule has 2 aromatic rings. The highest BCUT2D eigenvalue weighted by Crippen LogP contribution is 2.29. The molecule has 1 unspecified atom stereocenters. The zero-order chi connectivity index (χ0) is 13.7. The highest BCUT2D eigenvalue weighted by Gasteiger charge is 2.16. The molecule has 0 amide bonds. The molecule has 1 aromatic heterocycles. The number of pyridine rings is 1. The third-order valence-corrected chi connectivity index (χ3v) is 3.12. The fraction of sp³-hybridized carbons (Fsp3) is 0.267. The van der Waals surface area contributed by atoms with Crippen molar-refractivity contribution in [3.63, 3.8) is 0 Å². The summed E-state index contributed by atoms with van der Waals surface area (Å²) in [5.74, 6) is 0.399. The molecule has 19 heavy (non-hydrogen) atoms. The number of hydrogen-bond acceptors (Lipinski definition) is 3. The second-order valence-electron chi connectivity index (χ2n) is 4.38. The van der Waals surface area contributed by atoms with Gasteiger partial charge in [0.2, 0.25) is 0 Å². The van der Waals surface area contributed by atoms with Gasteiger partial charge >= 0.3 is 0 Å². The topological polar surface area (TPSA) is 48.1 Å². The van der Waals surface area contributed by atoms with E-state index in [1.165, 1.54) is 12.1 Å². The van der Waals surface area contributed by atoms with E-state index in [9.17, 15) is 4.39 Å². The minimum atomic E-state index is -0.277. The largest absolute Gasteiger partial charge is 0.496 e. The maximum Gasteiger partial charge on any atom is 0.123 e. The molecule has 0 saturated carbocycles. The molecule has 3 nitrogen and oxygen atoms in total. The van der Waals surface area contributed by atoms with Gasteiger partial charge in [-0.25, -0.2) is 4.39 Å². The third-order valence-electron chi connectivity index (χ3n) is 3.12. The van der Waals surface area contributed by atoms with Gasteiger partial charge in [0.15, 0.2) is 0 Å². The van der Waals surface area contributed by atoms with Crippen molar-refractivity contribution in [2.75, 3.05) is 13.7 Å². The molecule has 0 spiro atoms. The van der Waals surface area contributed by atoms with E-state index in [2.05, 4.69) is 4.98 Å². The first kappa shape index (κ1) is 13.5. The quantitative estimate of drug-likeness (QED) is 0.898. The SMILES string of the molecule is COc1ccc(F)cc1C(CN)Cc1cccnc1. The van der Waals surface area contributed by atoms with Crippen molar-refractivity contribution in [3.8, 4) is 5.75 Å². The van der Waals surface area contributed by atoms with Crippen LogP contribution in [0.1, 0.15) is 17.0 Å². The highest BCUT2D eigenvalue weighted by atomic mass is 19.1. The second kappa shape index (κ2) is 6.29. The fourth-order valence-corrected chi connectivity index (χ4v) is 2.15. The Kier molecular flexibility index (Phi) is 4.47. The van der Waals surface area contributed by atoms with E-state index in [-0.39, 0.29) is 11.7 Å². The van der Waals surface area contributed by atoms with Gasteiger partial charge < -0.3 is 10.5 Å². The monoisotopic (exact) mass is 260 g/mol. The molecule has 0 aliphatic carbocycles. The van der Waals surface area contributed by atoms with Gasteiger partial charge in [-0.15, -0.1) is 0 Å². The van der Waals surface area contributed by atoms with E-state index >= 15 is 0 Å². The number of ether oxygens (including phenoxy) is 1. The van der Waals surface area contributed by atoms with Crippen molar-refractivity contribution in [1.29, 1.82) is 0 Å². The third kappa shape index (κ3) is 3.29. The van der Waals surface area contributed by atoms with Gasteiger partial charge in [-0.1, -0.05) is 6.07 Å². The Hall–Kier alpha value is -1.94. The number of halogens is 1. The lowest BCUT2D eigenvalue weighted by atomic mass is 9.92. The Morgan fingerprint density at radius 1 is 1.37 bits per heavy atom. The summed E-state index contributed by atoms with van der Waals surface area (Å²) >= 11 is 0. The van der Waals surface area contributed by atoms with Crippen LogP contribution < -0.4 is 10.5 Å². The van der Waals surface area contributed by atoms with Gasteiger partial charge in [-0.3, -0.25) is 4.98 Å². The number of rotatable bonds is 5. The van der Waals surface area contributed by atoms with Crippen LogP contribution in [0.25, 0.3) is 0 Å². The summed E-state index contributed by atoms with van der Waals surface area (Å²) in [7, 11) is 1.58. The normalized spacial score (nSPS) is 12.2. The van der Waals surface area contributed by atoms with Gasteiger partial charge in [0.25, 0.3) is 0 Å². The van der Waals surface area contributed by atoms with Gasteiger partial charge in [0, 0.05) is 23.9 Å². The van der Waals surface area contributed by atoms with Crippen LogP contribution in [0.15, 0.2) is 42.7 Å². The molecule has 1 heterocycles. The summed E-state index contributed by atoms with van der Waals surface area (Å²) in [5.41, 5.74) is 7.70. The highest BCUT2D eigenvalue weighted by molar-refractivity contribution is 5.38. The number of nitrogens with zero attached hydrogens (tertiary/aromatic N) is 1. The molecule has 2 rings (SSSR count). The Labute approximate surface area is 112 Å². The molecule has 0 radical (unpaired) electrons. The molecular weight excluding hydrogens is 243 g/mol. The molecule has 2 N–H and O–H groups in total. The summed E-state index contributed by atoms with van der Waals surface area (Å²) in [4.78, 5) is 4.08. The molecule has 0 saturated heterocycles. The number of methoxy groups -OCH3 is 1. The van der Waals surface area contributed by atoms with Crippen LogP contribution in [0.2, 0.25) is 0 Å². The molecule has 1 aromatic carbocycles. The Bertz CT molecular complexity index is 531. The average molecular weight is 260 g/mol. The lowest BCUT2D eigenvalue weighted by Crippen LogP contribution is -2.16. The maximum atomic E-state index is 13.4. The molecule has 0 aliphatic heterocycles. The first-order chi connectivity index (χ1) is 9.24. The van der Waals surface area contributed by atoms with Gasteiger partial charge in [-0.2, -0.15) is 0 Å². The molecule has 0 aliphatic rings. The summed E-state index contributed by atoms with van der Waals surface area (Å²) in [6.07, 6.45) is 4.24.